The summed E-state index contributed by atoms with van der Waals surface area (Å²) in [4.78, 5) is 43.7. The molecule has 0 radical (unpaired) electrons. The fourth-order valence-corrected chi connectivity index (χ4v) is 3.64. The van der Waals surface area contributed by atoms with E-state index in [1.807, 2.05) is 12.1 Å². The van der Waals surface area contributed by atoms with Gasteiger partial charge in [-0.25, -0.2) is 9.69 Å². The summed E-state index contributed by atoms with van der Waals surface area (Å²) >= 11 is 0. The fraction of sp³-hybridized carbons (Fsp3) is 0.130. The molecule has 7 nitrogen and oxygen atoms in total. The van der Waals surface area contributed by atoms with E-state index in [0.29, 0.717) is 16.7 Å². The molecular weight excluding hydrogens is 382 g/mol. The summed E-state index contributed by atoms with van der Waals surface area (Å²) in [6.07, 6.45) is 1.77. The number of hydrogen-bond acceptors (Lipinski definition) is 5. The number of hydrogen-bond donors (Lipinski definition) is 1. The molecule has 2 heterocycles. The number of carbonyl (C=O) groups excluding carboxylic acids is 3. The molecule has 1 aliphatic heterocycles. The molecule has 0 spiro atoms. The predicted octanol–water partition coefficient (Wildman–Crippen LogP) is 3.14. The molecule has 0 aliphatic carbocycles. The van der Waals surface area contributed by atoms with Gasteiger partial charge in [0, 0.05) is 24.9 Å². The Morgan fingerprint density at radius 3 is 2.07 bits per heavy atom. The third-order valence-electron chi connectivity index (χ3n) is 4.95. The van der Waals surface area contributed by atoms with Crippen LogP contribution < -0.4 is 5.32 Å². The second kappa shape index (κ2) is 7.79. The Morgan fingerprint density at radius 2 is 1.57 bits per heavy atom. The topological polar surface area (TPSA) is 88.6 Å². The summed E-state index contributed by atoms with van der Waals surface area (Å²) in [6, 6.07) is 20.6. The predicted molar refractivity (Wildman–Crippen MR) is 108 cm³/mol. The maximum Gasteiger partial charge on any atom is 0.328 e. The van der Waals surface area contributed by atoms with Gasteiger partial charge in [-0.2, -0.15) is 0 Å². The van der Waals surface area contributed by atoms with Crippen LogP contribution in [-0.2, 0) is 19.9 Å². The number of ether oxygens (including phenoxy) is 1. The molecule has 0 bridgehead atoms. The number of benzene rings is 2. The van der Waals surface area contributed by atoms with Crippen LogP contribution in [0, 0.1) is 0 Å². The summed E-state index contributed by atoms with van der Waals surface area (Å²) in [5.41, 5.74) is 0.169. The minimum atomic E-state index is -1.44. The minimum Gasteiger partial charge on any atom is -0.437 e. The molecule has 1 atom stereocenters. The average Bonchev–Trinajstić information content (AvgIpc) is 3.05. The summed E-state index contributed by atoms with van der Waals surface area (Å²) in [5, 5.41) is 2.85. The Hall–Kier alpha value is -4.00. The normalized spacial score (nSPS) is 16.1. The molecule has 2 aromatic carbocycles. The van der Waals surface area contributed by atoms with E-state index in [-0.39, 0.29) is 0 Å². The maximum atomic E-state index is 13.9. The van der Waals surface area contributed by atoms with E-state index in [2.05, 4.69) is 10.3 Å². The number of urea groups is 1. The van der Waals surface area contributed by atoms with Crippen molar-refractivity contribution in [2.45, 2.75) is 18.7 Å². The lowest BCUT2D eigenvalue weighted by atomic mass is 9.82. The number of amides is 3. The van der Waals surface area contributed by atoms with Gasteiger partial charge in [0.25, 0.3) is 5.91 Å². The SMILES string of the molecule is CC(=O)OC(c1cccnc1)N1C(=O)NC(c2ccccc2)(c2ccccc2)C1=O. The Labute approximate surface area is 173 Å². The molecule has 1 unspecified atom stereocenters. The highest BCUT2D eigenvalue weighted by atomic mass is 16.6. The summed E-state index contributed by atoms with van der Waals surface area (Å²) in [6.45, 7) is 1.23. The van der Waals surface area contributed by atoms with Gasteiger partial charge in [0.1, 0.15) is 0 Å². The van der Waals surface area contributed by atoms with Crippen molar-refractivity contribution < 1.29 is 19.1 Å². The first-order valence-electron chi connectivity index (χ1n) is 9.38. The molecule has 4 rings (SSSR count). The third-order valence-corrected chi connectivity index (χ3v) is 4.95. The summed E-state index contributed by atoms with van der Waals surface area (Å²) < 4.78 is 5.39. The van der Waals surface area contributed by atoms with E-state index in [1.165, 1.54) is 13.1 Å². The van der Waals surface area contributed by atoms with Gasteiger partial charge in [-0.1, -0.05) is 66.7 Å². The molecule has 1 fully saturated rings. The number of aromatic nitrogens is 1. The number of carbonyl (C=O) groups is 3. The van der Waals surface area contributed by atoms with E-state index in [1.54, 1.807) is 66.9 Å². The first kappa shape index (κ1) is 19.3. The number of rotatable bonds is 5. The van der Waals surface area contributed by atoms with Gasteiger partial charge in [-0.05, 0) is 17.2 Å². The van der Waals surface area contributed by atoms with Gasteiger partial charge in [0.05, 0.1) is 0 Å². The van der Waals surface area contributed by atoms with Crippen molar-refractivity contribution in [3.05, 3.63) is 102 Å². The molecule has 7 heteroatoms. The lowest BCUT2D eigenvalue weighted by molar-refractivity contribution is -0.159. The molecule has 1 aliphatic rings. The lowest BCUT2D eigenvalue weighted by Gasteiger charge is -2.29. The zero-order valence-electron chi connectivity index (χ0n) is 16.2. The van der Waals surface area contributed by atoms with Crippen molar-refractivity contribution in [3.63, 3.8) is 0 Å². The second-order valence-electron chi connectivity index (χ2n) is 6.84. The van der Waals surface area contributed by atoms with Crippen LogP contribution in [0.4, 0.5) is 4.79 Å². The van der Waals surface area contributed by atoms with Crippen molar-refractivity contribution in [1.29, 1.82) is 0 Å². The smallest absolute Gasteiger partial charge is 0.328 e. The van der Waals surface area contributed by atoms with Crippen LogP contribution in [0.1, 0.15) is 29.8 Å². The monoisotopic (exact) mass is 401 g/mol. The van der Waals surface area contributed by atoms with Crippen LogP contribution >= 0.6 is 0 Å². The third kappa shape index (κ3) is 3.20. The van der Waals surface area contributed by atoms with Crippen molar-refractivity contribution in [2.75, 3.05) is 0 Å². The van der Waals surface area contributed by atoms with Crippen LogP contribution in [0.5, 0.6) is 0 Å². The van der Waals surface area contributed by atoms with Crippen molar-refractivity contribution in [2.24, 2.45) is 0 Å². The van der Waals surface area contributed by atoms with Crippen LogP contribution in [0.3, 0.4) is 0 Å². The van der Waals surface area contributed by atoms with Crippen LogP contribution in [0.25, 0.3) is 0 Å². The van der Waals surface area contributed by atoms with Crippen molar-refractivity contribution >= 4 is 17.9 Å². The highest BCUT2D eigenvalue weighted by Gasteiger charge is 2.56. The molecule has 1 aromatic heterocycles. The highest BCUT2D eigenvalue weighted by molar-refractivity contribution is 6.10. The standard InChI is InChI=1S/C23H19N3O4/c1-16(27)30-20(17-9-8-14-24-15-17)26-21(28)23(25-22(26)29,18-10-4-2-5-11-18)19-12-6-3-7-13-19/h2-15,20H,1H3,(H,25,29). The second-order valence-corrected chi connectivity index (χ2v) is 6.84. The molecule has 3 aromatic rings. The number of esters is 1. The van der Waals surface area contributed by atoms with Gasteiger partial charge in [-0.3, -0.25) is 14.6 Å². The summed E-state index contributed by atoms with van der Waals surface area (Å²) in [5.74, 6) is -1.17. The highest BCUT2D eigenvalue weighted by Crippen LogP contribution is 2.39. The number of imide groups is 1. The molecular formula is C23H19N3O4. The number of nitrogens with zero attached hydrogens (tertiary/aromatic N) is 2. The van der Waals surface area contributed by atoms with E-state index in [9.17, 15) is 14.4 Å². The molecule has 1 N–H and O–H groups in total. The van der Waals surface area contributed by atoms with Gasteiger partial charge < -0.3 is 10.1 Å². The Morgan fingerprint density at radius 1 is 0.967 bits per heavy atom. The zero-order valence-corrected chi connectivity index (χ0v) is 16.2. The van der Waals surface area contributed by atoms with Gasteiger partial charge in [0.15, 0.2) is 5.54 Å². The first-order valence-corrected chi connectivity index (χ1v) is 9.38. The molecule has 1 saturated heterocycles. The van der Waals surface area contributed by atoms with E-state index in [0.717, 1.165) is 4.90 Å². The quantitative estimate of drug-likeness (QED) is 0.524. The molecule has 30 heavy (non-hydrogen) atoms. The number of pyridine rings is 1. The van der Waals surface area contributed by atoms with Gasteiger partial charge >= 0.3 is 12.0 Å². The largest absolute Gasteiger partial charge is 0.437 e. The summed E-state index contributed by atoms with van der Waals surface area (Å²) in [7, 11) is 0. The van der Waals surface area contributed by atoms with Gasteiger partial charge in [-0.15, -0.1) is 0 Å². The fourth-order valence-electron chi connectivity index (χ4n) is 3.64. The van der Waals surface area contributed by atoms with Crippen LogP contribution in [0.15, 0.2) is 85.2 Å². The van der Waals surface area contributed by atoms with Gasteiger partial charge in [0.2, 0.25) is 6.23 Å². The lowest BCUT2D eigenvalue weighted by Crippen LogP contribution is -2.45. The molecule has 3 amide bonds. The Kier molecular flexibility index (Phi) is 5.02. The van der Waals surface area contributed by atoms with Crippen molar-refractivity contribution in [1.82, 2.24) is 15.2 Å². The number of nitrogens with one attached hydrogen (secondary N) is 1. The minimum absolute atomic E-state index is 0.410. The van der Waals surface area contributed by atoms with E-state index in [4.69, 9.17) is 4.74 Å². The zero-order chi connectivity index (χ0) is 21.1. The maximum absolute atomic E-state index is 13.9. The Balaban J connectivity index is 1.87. The molecule has 150 valence electrons. The first-order chi connectivity index (χ1) is 14.5. The Bertz CT molecular complexity index is 1030. The van der Waals surface area contributed by atoms with E-state index < -0.39 is 29.7 Å². The van der Waals surface area contributed by atoms with Crippen LogP contribution in [0.2, 0.25) is 0 Å². The molecule has 0 saturated carbocycles. The van der Waals surface area contributed by atoms with Crippen molar-refractivity contribution in [3.8, 4) is 0 Å². The van der Waals surface area contributed by atoms with Crippen LogP contribution in [-0.4, -0.2) is 27.8 Å². The average molecular weight is 401 g/mol. The van der Waals surface area contributed by atoms with E-state index >= 15 is 0 Å².